The highest BCUT2D eigenvalue weighted by Crippen LogP contribution is 2.05. The van der Waals surface area contributed by atoms with Crippen LogP contribution in [0.5, 0.6) is 0 Å². The van der Waals surface area contributed by atoms with Crippen LogP contribution >= 0.6 is 0 Å². The summed E-state index contributed by atoms with van der Waals surface area (Å²) in [6.45, 7) is 1.39. The van der Waals surface area contributed by atoms with E-state index in [2.05, 4.69) is 18.9 Å². The van der Waals surface area contributed by atoms with Gasteiger partial charge in [-0.15, -0.1) is 0 Å². The zero-order valence-electron chi connectivity index (χ0n) is 15.3. The molecule has 10 heteroatoms. The third-order valence-corrected chi connectivity index (χ3v) is 3.43. The van der Waals surface area contributed by atoms with E-state index in [0.717, 1.165) is 0 Å². The monoisotopic (exact) mass is 362 g/mol. The van der Waals surface area contributed by atoms with Crippen molar-refractivity contribution in [3.05, 3.63) is 0 Å². The molecule has 0 N–H and O–H groups in total. The number of rotatable bonds is 11. The van der Waals surface area contributed by atoms with Crippen molar-refractivity contribution in [2.24, 2.45) is 0 Å². The number of carbonyl (C=O) groups is 4. The quantitative estimate of drug-likeness (QED) is 0.324. The fraction of sp³-hybridized carbons (Fsp3) is 0.733. The first-order chi connectivity index (χ1) is 11.8. The molecule has 1 atom stereocenters. The Kier molecular flexibility index (Phi) is 11.1. The lowest BCUT2D eigenvalue weighted by Crippen LogP contribution is -2.49. The molecule has 1 unspecified atom stereocenters. The van der Waals surface area contributed by atoms with E-state index in [9.17, 15) is 19.2 Å². The van der Waals surface area contributed by atoms with Gasteiger partial charge in [-0.3, -0.25) is 29.0 Å². The van der Waals surface area contributed by atoms with Gasteiger partial charge < -0.3 is 18.9 Å². The summed E-state index contributed by atoms with van der Waals surface area (Å²) in [6.07, 6.45) is 0. The number of methoxy groups -OCH3 is 4. The molecule has 144 valence electrons. The average molecular weight is 362 g/mol. The first-order valence-corrected chi connectivity index (χ1v) is 7.51. The Balaban J connectivity index is 5.07. The average Bonchev–Trinajstić information content (AvgIpc) is 2.59. The summed E-state index contributed by atoms with van der Waals surface area (Å²) in [5.41, 5.74) is 0. The molecule has 0 saturated carbocycles. The lowest BCUT2D eigenvalue weighted by molar-refractivity contribution is -0.150. The Hall–Kier alpha value is -2.20. The molecule has 0 aliphatic rings. The summed E-state index contributed by atoms with van der Waals surface area (Å²) in [6, 6.07) is -0.368. The van der Waals surface area contributed by atoms with Gasteiger partial charge in [0.15, 0.2) is 0 Å². The predicted molar refractivity (Wildman–Crippen MR) is 85.5 cm³/mol. The molecule has 0 aliphatic carbocycles. The van der Waals surface area contributed by atoms with Gasteiger partial charge in [0, 0.05) is 12.6 Å². The van der Waals surface area contributed by atoms with Gasteiger partial charge in [0.05, 0.1) is 54.6 Å². The highest BCUT2D eigenvalue weighted by atomic mass is 16.5. The Morgan fingerprint density at radius 3 is 1.32 bits per heavy atom. The minimum Gasteiger partial charge on any atom is -0.468 e. The number of esters is 4. The third-order valence-electron chi connectivity index (χ3n) is 3.43. The van der Waals surface area contributed by atoms with E-state index in [1.165, 1.54) is 38.2 Å². The van der Waals surface area contributed by atoms with Crippen molar-refractivity contribution in [1.82, 2.24) is 9.80 Å². The molecule has 0 heterocycles. The maximum absolute atomic E-state index is 11.6. The fourth-order valence-electron chi connectivity index (χ4n) is 2.00. The van der Waals surface area contributed by atoms with E-state index in [1.54, 1.807) is 6.92 Å². The van der Waals surface area contributed by atoms with Crippen molar-refractivity contribution in [3.8, 4) is 0 Å². The van der Waals surface area contributed by atoms with E-state index < -0.39 is 23.9 Å². The molecule has 0 rings (SSSR count). The summed E-state index contributed by atoms with van der Waals surface area (Å²) in [5.74, 6) is -2.10. The van der Waals surface area contributed by atoms with Gasteiger partial charge in [-0.05, 0) is 6.92 Å². The Bertz CT molecular complexity index is 432. The summed E-state index contributed by atoms with van der Waals surface area (Å²) < 4.78 is 18.5. The second kappa shape index (κ2) is 12.2. The lowest BCUT2D eigenvalue weighted by atomic mass is 10.2. The van der Waals surface area contributed by atoms with Crippen LogP contribution in [-0.4, -0.2) is 101 Å². The highest BCUT2D eigenvalue weighted by molar-refractivity contribution is 5.75. The molecule has 0 fully saturated rings. The molecule has 25 heavy (non-hydrogen) atoms. The Morgan fingerprint density at radius 1 is 0.680 bits per heavy atom. The van der Waals surface area contributed by atoms with E-state index in [-0.39, 0.29) is 38.8 Å². The van der Waals surface area contributed by atoms with E-state index >= 15 is 0 Å². The van der Waals surface area contributed by atoms with Crippen molar-refractivity contribution in [1.29, 1.82) is 0 Å². The standard InChI is InChI=1S/C15H26N2O8/c1-11(17(9-14(20)24-4)10-15(21)25-5)6-16(7-12(18)22-2)8-13(19)23-3/h11H,6-10H2,1-5H3. The molecule has 0 radical (unpaired) electrons. The minimum atomic E-state index is -0.525. The van der Waals surface area contributed by atoms with Crippen LogP contribution in [0.2, 0.25) is 0 Å². The second-order valence-corrected chi connectivity index (χ2v) is 5.23. The molecule has 0 aromatic carbocycles. The first-order valence-electron chi connectivity index (χ1n) is 7.51. The maximum Gasteiger partial charge on any atom is 0.319 e. The van der Waals surface area contributed by atoms with Gasteiger partial charge in [0.1, 0.15) is 0 Å². The maximum atomic E-state index is 11.6. The predicted octanol–water partition coefficient (Wildman–Crippen LogP) is -1.33. The molecule has 0 spiro atoms. The third kappa shape index (κ3) is 9.62. The molecule has 0 aliphatic heterocycles. The Morgan fingerprint density at radius 2 is 1.00 bits per heavy atom. The summed E-state index contributed by atoms with van der Waals surface area (Å²) in [7, 11) is 4.96. The van der Waals surface area contributed by atoms with Crippen molar-refractivity contribution in [2.75, 3.05) is 61.2 Å². The number of hydrogen-bond donors (Lipinski definition) is 0. The van der Waals surface area contributed by atoms with E-state index in [1.807, 2.05) is 0 Å². The van der Waals surface area contributed by atoms with Gasteiger partial charge in [0.25, 0.3) is 0 Å². The first kappa shape index (κ1) is 22.8. The minimum absolute atomic E-state index is 0.139. The van der Waals surface area contributed by atoms with E-state index in [0.29, 0.717) is 0 Å². The van der Waals surface area contributed by atoms with Crippen LogP contribution < -0.4 is 0 Å². The van der Waals surface area contributed by atoms with Gasteiger partial charge >= 0.3 is 23.9 Å². The van der Waals surface area contributed by atoms with Crippen molar-refractivity contribution < 1.29 is 38.1 Å². The van der Waals surface area contributed by atoms with Gasteiger partial charge in [0.2, 0.25) is 0 Å². The number of nitrogens with zero attached hydrogens (tertiary/aromatic N) is 2. The number of ether oxygens (including phenoxy) is 4. The molecule has 0 bridgehead atoms. The normalized spacial score (nSPS) is 11.8. The highest BCUT2D eigenvalue weighted by Gasteiger charge is 2.25. The van der Waals surface area contributed by atoms with Crippen LogP contribution in [-0.2, 0) is 38.1 Å². The topological polar surface area (TPSA) is 112 Å². The van der Waals surface area contributed by atoms with Gasteiger partial charge in [-0.1, -0.05) is 0 Å². The molecular weight excluding hydrogens is 336 g/mol. The molecule has 0 amide bonds. The van der Waals surface area contributed by atoms with Crippen molar-refractivity contribution >= 4 is 23.9 Å². The summed E-state index contributed by atoms with van der Waals surface area (Å²) in [4.78, 5) is 49.2. The van der Waals surface area contributed by atoms with Crippen molar-refractivity contribution in [3.63, 3.8) is 0 Å². The molecule has 10 nitrogen and oxygen atoms in total. The van der Waals surface area contributed by atoms with Crippen molar-refractivity contribution in [2.45, 2.75) is 13.0 Å². The van der Waals surface area contributed by atoms with Crippen LogP contribution in [0.3, 0.4) is 0 Å². The summed E-state index contributed by atoms with van der Waals surface area (Å²) in [5, 5.41) is 0. The van der Waals surface area contributed by atoms with Gasteiger partial charge in [-0.25, -0.2) is 0 Å². The van der Waals surface area contributed by atoms with Gasteiger partial charge in [-0.2, -0.15) is 0 Å². The fourth-order valence-corrected chi connectivity index (χ4v) is 2.00. The Labute approximate surface area is 146 Å². The smallest absolute Gasteiger partial charge is 0.319 e. The van der Waals surface area contributed by atoms with E-state index in [4.69, 9.17) is 0 Å². The molecular formula is C15H26N2O8. The van der Waals surface area contributed by atoms with Crippen LogP contribution in [0.25, 0.3) is 0 Å². The van der Waals surface area contributed by atoms with Crippen LogP contribution in [0, 0.1) is 0 Å². The molecule has 0 aromatic rings. The lowest BCUT2D eigenvalue weighted by Gasteiger charge is -2.31. The second-order valence-electron chi connectivity index (χ2n) is 5.23. The largest absolute Gasteiger partial charge is 0.468 e. The van der Waals surface area contributed by atoms with Crippen LogP contribution in [0.1, 0.15) is 6.92 Å². The molecule has 0 aromatic heterocycles. The molecule has 0 saturated heterocycles. The van der Waals surface area contributed by atoms with Crippen LogP contribution in [0.15, 0.2) is 0 Å². The zero-order valence-corrected chi connectivity index (χ0v) is 15.3. The SMILES string of the molecule is COC(=O)CN(CC(=O)OC)CC(C)N(CC(=O)OC)CC(=O)OC. The number of carbonyl (C=O) groups excluding carboxylic acids is 4. The zero-order chi connectivity index (χ0) is 19.4. The number of hydrogen-bond acceptors (Lipinski definition) is 10. The summed E-state index contributed by atoms with van der Waals surface area (Å²) >= 11 is 0. The van der Waals surface area contributed by atoms with Crippen LogP contribution in [0.4, 0.5) is 0 Å².